The zero-order valence-electron chi connectivity index (χ0n) is 15.8. The fraction of sp³-hybridized carbons (Fsp3) is 0.300. The number of tetrazole rings is 1. The van der Waals surface area contributed by atoms with E-state index in [9.17, 15) is 4.79 Å². The number of nitrogens with zero attached hydrogens (tertiary/aromatic N) is 8. The van der Waals surface area contributed by atoms with Crippen LogP contribution in [0.1, 0.15) is 40.5 Å². The lowest BCUT2D eigenvalue weighted by atomic mass is 9.95. The quantitative estimate of drug-likeness (QED) is 0.529. The average Bonchev–Trinajstić information content (AvgIpc) is 3.43. The first-order chi connectivity index (χ1) is 14.3. The molecule has 1 fully saturated rings. The third kappa shape index (κ3) is 3.46. The third-order valence-corrected chi connectivity index (χ3v) is 5.44. The second kappa shape index (κ2) is 7.42. The Labute approximate surface area is 167 Å². The van der Waals surface area contributed by atoms with Crippen LogP contribution in [-0.4, -0.2) is 58.5 Å². The normalized spacial score (nSPS) is 15.1. The summed E-state index contributed by atoms with van der Waals surface area (Å²) in [5, 5.41) is 11.4. The summed E-state index contributed by atoms with van der Waals surface area (Å²) in [7, 11) is 0. The van der Waals surface area contributed by atoms with E-state index in [1.807, 2.05) is 41.8 Å². The van der Waals surface area contributed by atoms with E-state index in [1.54, 1.807) is 18.3 Å². The Bertz CT molecular complexity index is 1130. The Balaban J connectivity index is 1.26. The van der Waals surface area contributed by atoms with Crippen molar-refractivity contribution in [1.82, 2.24) is 39.5 Å². The van der Waals surface area contributed by atoms with Crippen LogP contribution in [0.5, 0.6) is 0 Å². The molecule has 1 aliphatic heterocycles. The van der Waals surface area contributed by atoms with Crippen molar-refractivity contribution in [2.45, 2.75) is 25.3 Å². The SMILES string of the molecule is O=C(c1ccc2nnnn2c1)N1CCC(c2nccn2Cc2ccncc2)CC1. The number of likely N-dealkylation sites (tertiary alicyclic amines) is 1. The van der Waals surface area contributed by atoms with Crippen molar-refractivity contribution >= 4 is 11.6 Å². The molecule has 0 aromatic carbocycles. The third-order valence-electron chi connectivity index (χ3n) is 5.44. The molecule has 0 atom stereocenters. The van der Waals surface area contributed by atoms with E-state index in [0.29, 0.717) is 30.2 Å². The van der Waals surface area contributed by atoms with Crippen molar-refractivity contribution in [2.24, 2.45) is 0 Å². The van der Waals surface area contributed by atoms with E-state index in [-0.39, 0.29) is 5.91 Å². The molecule has 0 radical (unpaired) electrons. The molecule has 1 aliphatic rings. The number of carbonyl (C=O) groups is 1. The molecule has 9 heteroatoms. The highest BCUT2D eigenvalue weighted by atomic mass is 16.2. The molecule has 4 aromatic rings. The number of hydrogen-bond donors (Lipinski definition) is 0. The first kappa shape index (κ1) is 17.5. The molecule has 5 heterocycles. The lowest BCUT2D eigenvalue weighted by Crippen LogP contribution is -2.38. The van der Waals surface area contributed by atoms with Gasteiger partial charge in [0.2, 0.25) is 0 Å². The highest BCUT2D eigenvalue weighted by Gasteiger charge is 2.27. The molecule has 9 nitrogen and oxygen atoms in total. The van der Waals surface area contributed by atoms with E-state index in [1.165, 1.54) is 10.1 Å². The van der Waals surface area contributed by atoms with Crippen molar-refractivity contribution in [3.05, 3.63) is 72.2 Å². The minimum absolute atomic E-state index is 0.0148. The molecule has 146 valence electrons. The van der Waals surface area contributed by atoms with Gasteiger partial charge in [0, 0.05) is 56.5 Å². The predicted molar refractivity (Wildman–Crippen MR) is 104 cm³/mol. The topological polar surface area (TPSA) is 94.1 Å². The Morgan fingerprint density at radius 2 is 1.90 bits per heavy atom. The number of pyridine rings is 2. The van der Waals surface area contributed by atoms with Gasteiger partial charge >= 0.3 is 0 Å². The second-order valence-corrected chi connectivity index (χ2v) is 7.23. The highest BCUT2D eigenvalue weighted by molar-refractivity contribution is 5.94. The monoisotopic (exact) mass is 388 g/mol. The van der Waals surface area contributed by atoms with Crippen LogP contribution in [-0.2, 0) is 6.54 Å². The Morgan fingerprint density at radius 1 is 1.07 bits per heavy atom. The molecule has 1 amide bonds. The van der Waals surface area contributed by atoms with Gasteiger partial charge in [-0.3, -0.25) is 9.78 Å². The van der Waals surface area contributed by atoms with Gasteiger partial charge in [-0.2, -0.15) is 4.52 Å². The van der Waals surface area contributed by atoms with Crippen LogP contribution in [0.3, 0.4) is 0 Å². The number of hydrogen-bond acceptors (Lipinski definition) is 6. The maximum absolute atomic E-state index is 12.9. The fourth-order valence-corrected chi connectivity index (χ4v) is 3.89. The molecule has 4 aromatic heterocycles. The number of piperidine rings is 1. The molecule has 0 saturated carbocycles. The molecule has 0 spiro atoms. The van der Waals surface area contributed by atoms with Gasteiger partial charge in [-0.15, -0.1) is 5.10 Å². The van der Waals surface area contributed by atoms with Crippen LogP contribution in [0.15, 0.2) is 55.2 Å². The van der Waals surface area contributed by atoms with Gasteiger partial charge < -0.3 is 9.47 Å². The van der Waals surface area contributed by atoms with E-state index >= 15 is 0 Å². The zero-order valence-corrected chi connectivity index (χ0v) is 15.8. The lowest BCUT2D eigenvalue weighted by molar-refractivity contribution is 0.0709. The van der Waals surface area contributed by atoms with E-state index < -0.39 is 0 Å². The summed E-state index contributed by atoms with van der Waals surface area (Å²) >= 11 is 0. The summed E-state index contributed by atoms with van der Waals surface area (Å²) < 4.78 is 3.72. The first-order valence-electron chi connectivity index (χ1n) is 9.65. The number of amides is 1. The molecule has 1 saturated heterocycles. The van der Waals surface area contributed by atoms with Gasteiger partial charge in [-0.05, 0) is 53.1 Å². The summed E-state index contributed by atoms with van der Waals surface area (Å²) in [6, 6.07) is 7.58. The Hall–Kier alpha value is -3.62. The van der Waals surface area contributed by atoms with Crippen molar-refractivity contribution in [3.8, 4) is 0 Å². The van der Waals surface area contributed by atoms with Crippen molar-refractivity contribution in [1.29, 1.82) is 0 Å². The number of carbonyl (C=O) groups excluding carboxylic acids is 1. The van der Waals surface area contributed by atoms with Gasteiger partial charge in [0.25, 0.3) is 5.91 Å². The predicted octanol–water partition coefficient (Wildman–Crippen LogP) is 1.78. The van der Waals surface area contributed by atoms with Gasteiger partial charge in [0.15, 0.2) is 5.65 Å². The molecule has 0 aliphatic carbocycles. The summed E-state index contributed by atoms with van der Waals surface area (Å²) in [6.45, 7) is 2.20. The summed E-state index contributed by atoms with van der Waals surface area (Å²) in [5.41, 5.74) is 2.42. The molecule has 5 rings (SSSR count). The summed E-state index contributed by atoms with van der Waals surface area (Å²) in [6.07, 6.45) is 11.0. The molecule has 0 bridgehead atoms. The minimum Gasteiger partial charge on any atom is -0.339 e. The molecule has 29 heavy (non-hydrogen) atoms. The average molecular weight is 388 g/mol. The summed E-state index contributed by atoms with van der Waals surface area (Å²) in [5.74, 6) is 1.45. The molecular formula is C20H20N8O. The fourth-order valence-electron chi connectivity index (χ4n) is 3.89. The van der Waals surface area contributed by atoms with Gasteiger partial charge in [0.1, 0.15) is 5.82 Å². The van der Waals surface area contributed by atoms with E-state index in [2.05, 4.69) is 30.1 Å². The molecular weight excluding hydrogens is 368 g/mol. The van der Waals surface area contributed by atoms with Gasteiger partial charge in [-0.1, -0.05) is 0 Å². The van der Waals surface area contributed by atoms with E-state index in [0.717, 1.165) is 25.2 Å². The van der Waals surface area contributed by atoms with Crippen LogP contribution in [0.25, 0.3) is 5.65 Å². The van der Waals surface area contributed by atoms with E-state index in [4.69, 9.17) is 0 Å². The van der Waals surface area contributed by atoms with Crippen molar-refractivity contribution in [3.63, 3.8) is 0 Å². The Kier molecular flexibility index (Phi) is 4.47. The molecule has 0 N–H and O–H groups in total. The van der Waals surface area contributed by atoms with Gasteiger partial charge in [0.05, 0.1) is 5.56 Å². The Morgan fingerprint density at radius 3 is 2.72 bits per heavy atom. The largest absolute Gasteiger partial charge is 0.339 e. The lowest BCUT2D eigenvalue weighted by Gasteiger charge is -2.32. The summed E-state index contributed by atoms with van der Waals surface area (Å²) in [4.78, 5) is 23.5. The van der Waals surface area contributed by atoms with Gasteiger partial charge in [-0.25, -0.2) is 4.98 Å². The van der Waals surface area contributed by atoms with Crippen LogP contribution in [0.4, 0.5) is 0 Å². The highest BCUT2D eigenvalue weighted by Crippen LogP contribution is 2.28. The maximum atomic E-state index is 12.9. The number of fused-ring (bicyclic) bond motifs is 1. The number of aromatic nitrogens is 7. The van der Waals surface area contributed by atoms with Crippen LogP contribution >= 0.6 is 0 Å². The van der Waals surface area contributed by atoms with Crippen LogP contribution in [0.2, 0.25) is 0 Å². The van der Waals surface area contributed by atoms with Crippen LogP contribution < -0.4 is 0 Å². The maximum Gasteiger partial charge on any atom is 0.255 e. The standard InChI is InChI=1S/C20H20N8O/c29-20(17-1-2-18-23-24-25-28(18)14-17)26-10-5-16(6-11-26)19-22-9-12-27(19)13-15-3-7-21-8-4-15/h1-4,7-9,12,14,16H,5-6,10-11,13H2. The number of rotatable bonds is 4. The van der Waals surface area contributed by atoms with Crippen molar-refractivity contribution in [2.75, 3.05) is 13.1 Å². The second-order valence-electron chi connectivity index (χ2n) is 7.23. The number of imidazole rings is 1. The molecule has 0 unspecified atom stereocenters. The van der Waals surface area contributed by atoms with Crippen LogP contribution in [0, 0.1) is 0 Å². The smallest absolute Gasteiger partial charge is 0.255 e. The first-order valence-corrected chi connectivity index (χ1v) is 9.65. The zero-order chi connectivity index (χ0) is 19.6. The van der Waals surface area contributed by atoms with Crippen molar-refractivity contribution < 1.29 is 4.79 Å². The minimum atomic E-state index is 0.0148.